The fourth-order valence-electron chi connectivity index (χ4n) is 2.55. The monoisotopic (exact) mass is 432 g/mol. The van der Waals surface area contributed by atoms with Gasteiger partial charge in [0, 0.05) is 20.3 Å². The Morgan fingerprint density at radius 3 is 2.18 bits per heavy atom. The van der Waals surface area contributed by atoms with Crippen molar-refractivity contribution < 1.29 is 17.9 Å². The Kier molecular flexibility index (Phi) is 6.03. The van der Waals surface area contributed by atoms with Crippen LogP contribution in [0.5, 0.6) is 5.75 Å². The summed E-state index contributed by atoms with van der Waals surface area (Å²) in [6, 6.07) is 15.8. The van der Waals surface area contributed by atoms with Gasteiger partial charge in [-0.05, 0) is 73.7 Å². The van der Waals surface area contributed by atoms with Crippen molar-refractivity contribution in [2.75, 3.05) is 7.11 Å². The van der Waals surface area contributed by atoms with E-state index >= 15 is 0 Å². The molecule has 3 aromatic rings. The zero-order valence-electron chi connectivity index (χ0n) is 15.2. The Morgan fingerprint density at radius 1 is 1.00 bits per heavy atom. The van der Waals surface area contributed by atoms with E-state index in [1.807, 2.05) is 13.0 Å². The molecule has 0 saturated carbocycles. The van der Waals surface area contributed by atoms with Crippen molar-refractivity contribution in [1.82, 2.24) is 0 Å². The molecule has 0 N–H and O–H groups in total. The summed E-state index contributed by atoms with van der Waals surface area (Å²) in [5.41, 5.74) is 0.251. The maximum Gasteiger partial charge on any atom is 0.210 e. The van der Waals surface area contributed by atoms with Crippen LogP contribution >= 0.6 is 22.9 Å². The summed E-state index contributed by atoms with van der Waals surface area (Å²) in [5.74, 6) is -0.0547. The van der Waals surface area contributed by atoms with Gasteiger partial charge < -0.3 is 4.74 Å². The van der Waals surface area contributed by atoms with Crippen LogP contribution in [0, 0.1) is 6.92 Å². The highest BCUT2D eigenvalue weighted by atomic mass is 35.5. The van der Waals surface area contributed by atoms with Gasteiger partial charge in [0.1, 0.15) is 10.7 Å². The first kappa shape index (κ1) is 20.3. The molecule has 2 aromatic carbocycles. The third kappa shape index (κ3) is 4.35. The number of aryl methyl sites for hydroxylation is 1. The van der Waals surface area contributed by atoms with Gasteiger partial charge in [0.2, 0.25) is 15.6 Å². The second-order valence-electron chi connectivity index (χ2n) is 5.97. The highest BCUT2D eigenvalue weighted by Crippen LogP contribution is 2.28. The minimum atomic E-state index is -4.04. The first-order valence-electron chi connectivity index (χ1n) is 8.29. The molecule has 0 saturated heterocycles. The number of sulfone groups is 1. The molecule has 4 nitrogen and oxygen atoms in total. The average molecular weight is 433 g/mol. The lowest BCUT2D eigenvalue weighted by molar-refractivity contribution is 0.104. The molecule has 144 valence electrons. The molecule has 0 spiro atoms. The fraction of sp³-hybridized carbons (Fsp3) is 0.0952. The predicted molar refractivity (Wildman–Crippen MR) is 113 cm³/mol. The summed E-state index contributed by atoms with van der Waals surface area (Å²) in [6.07, 6.45) is 1.42. The number of thiophene rings is 1. The smallest absolute Gasteiger partial charge is 0.210 e. The molecule has 3 rings (SSSR count). The average Bonchev–Trinajstić information content (AvgIpc) is 3.11. The van der Waals surface area contributed by atoms with Gasteiger partial charge in [-0.15, -0.1) is 11.3 Å². The van der Waals surface area contributed by atoms with Gasteiger partial charge >= 0.3 is 0 Å². The molecule has 7 heteroatoms. The number of hydrogen-bond donors (Lipinski definition) is 0. The number of halogens is 1. The maximum atomic E-state index is 13.3. The van der Waals surface area contributed by atoms with Gasteiger partial charge in [0.05, 0.1) is 12.0 Å². The van der Waals surface area contributed by atoms with Crippen molar-refractivity contribution in [2.45, 2.75) is 11.8 Å². The lowest BCUT2D eigenvalue weighted by Gasteiger charge is -2.10. The lowest BCUT2D eigenvalue weighted by Crippen LogP contribution is -2.14. The van der Waals surface area contributed by atoms with Crippen molar-refractivity contribution in [3.8, 4) is 5.75 Å². The number of ether oxygens (including phenoxy) is 1. The van der Waals surface area contributed by atoms with Crippen LogP contribution in [-0.4, -0.2) is 21.3 Å². The molecule has 0 fully saturated rings. The minimum absolute atomic E-state index is 0.0233. The first-order valence-corrected chi connectivity index (χ1v) is 11.0. The van der Waals surface area contributed by atoms with Crippen molar-refractivity contribution in [3.63, 3.8) is 0 Å². The highest BCUT2D eigenvalue weighted by molar-refractivity contribution is 7.96. The van der Waals surface area contributed by atoms with Gasteiger partial charge in [0.15, 0.2) is 0 Å². The van der Waals surface area contributed by atoms with Crippen molar-refractivity contribution in [3.05, 3.63) is 85.9 Å². The molecule has 1 heterocycles. The zero-order valence-corrected chi connectivity index (χ0v) is 17.6. The summed E-state index contributed by atoms with van der Waals surface area (Å²) < 4.78 is 31.6. The van der Waals surface area contributed by atoms with Gasteiger partial charge in [-0.25, -0.2) is 8.42 Å². The molecule has 0 bridgehead atoms. The van der Waals surface area contributed by atoms with E-state index in [4.69, 9.17) is 16.3 Å². The normalized spacial score (nSPS) is 12.0. The molecule has 28 heavy (non-hydrogen) atoms. The van der Waals surface area contributed by atoms with Crippen LogP contribution < -0.4 is 4.74 Å². The SMILES string of the molecule is COc1ccc(S(=O)(=O)/C(=C/c2ccc(C)s2)C(=O)c2ccc(Cl)cc2)cc1. The molecule has 0 amide bonds. The molecular weight excluding hydrogens is 416 g/mol. The highest BCUT2D eigenvalue weighted by Gasteiger charge is 2.28. The van der Waals surface area contributed by atoms with Crippen LogP contribution in [0.1, 0.15) is 20.1 Å². The largest absolute Gasteiger partial charge is 0.497 e. The first-order chi connectivity index (χ1) is 13.3. The van der Waals surface area contributed by atoms with E-state index in [1.54, 1.807) is 30.3 Å². The van der Waals surface area contributed by atoms with Crippen LogP contribution in [-0.2, 0) is 9.84 Å². The van der Waals surface area contributed by atoms with Crippen molar-refractivity contribution >= 4 is 44.6 Å². The van der Waals surface area contributed by atoms with E-state index in [9.17, 15) is 13.2 Å². The number of ketones is 1. The van der Waals surface area contributed by atoms with E-state index in [0.717, 1.165) is 4.88 Å². The standard InChI is InChI=1S/C21H17ClO4S2/c1-14-3-10-18(27-14)13-20(21(23)15-4-6-16(22)7-5-15)28(24,25)19-11-8-17(26-2)9-12-19/h3-13H,1-2H3/b20-13+. The van der Waals surface area contributed by atoms with Crippen molar-refractivity contribution in [2.24, 2.45) is 0 Å². The molecule has 0 aliphatic heterocycles. The molecule has 0 aliphatic rings. The van der Waals surface area contributed by atoms with E-state index < -0.39 is 15.6 Å². The topological polar surface area (TPSA) is 60.4 Å². The summed E-state index contributed by atoms with van der Waals surface area (Å²) >= 11 is 7.30. The second-order valence-corrected chi connectivity index (χ2v) is 9.65. The predicted octanol–water partition coefficient (Wildman–Crippen LogP) is 5.42. The Labute approximate surface area is 173 Å². The third-order valence-corrected chi connectivity index (χ3v) is 7.00. The number of carbonyl (C=O) groups is 1. The minimum Gasteiger partial charge on any atom is -0.497 e. The van der Waals surface area contributed by atoms with Crippen LogP contribution in [0.3, 0.4) is 0 Å². The van der Waals surface area contributed by atoms with E-state index in [-0.39, 0.29) is 15.4 Å². The van der Waals surface area contributed by atoms with E-state index in [0.29, 0.717) is 15.6 Å². The number of benzene rings is 2. The number of methoxy groups -OCH3 is 1. The Balaban J connectivity index is 2.13. The molecule has 1 aromatic heterocycles. The van der Waals surface area contributed by atoms with E-state index in [1.165, 1.54) is 48.8 Å². The number of Topliss-reactive ketones (excluding diaryl/α,β-unsaturated/α-hetero) is 1. The summed E-state index contributed by atoms with van der Waals surface area (Å²) in [4.78, 5) is 14.5. The van der Waals surface area contributed by atoms with Crippen LogP contribution in [0.25, 0.3) is 6.08 Å². The molecule has 0 atom stereocenters. The summed E-state index contributed by atoms with van der Waals surface area (Å²) in [6.45, 7) is 1.92. The Hall–Kier alpha value is -2.41. The second kappa shape index (κ2) is 8.31. The van der Waals surface area contributed by atoms with Crippen LogP contribution in [0.15, 0.2) is 70.5 Å². The lowest BCUT2D eigenvalue weighted by atomic mass is 10.1. The maximum absolute atomic E-state index is 13.3. The molecule has 0 aliphatic carbocycles. The zero-order chi connectivity index (χ0) is 20.3. The van der Waals surface area contributed by atoms with Gasteiger partial charge in [-0.2, -0.15) is 0 Å². The number of carbonyl (C=O) groups excluding carboxylic acids is 1. The number of hydrogen-bond acceptors (Lipinski definition) is 5. The molecule has 0 radical (unpaired) electrons. The number of allylic oxidation sites excluding steroid dienone is 1. The summed E-state index contributed by atoms with van der Waals surface area (Å²) in [5, 5.41) is 0.467. The molecule has 0 unspecified atom stereocenters. The number of rotatable bonds is 6. The Morgan fingerprint density at radius 2 is 1.64 bits per heavy atom. The van der Waals surface area contributed by atoms with E-state index in [2.05, 4.69) is 0 Å². The summed E-state index contributed by atoms with van der Waals surface area (Å²) in [7, 11) is -2.54. The van der Waals surface area contributed by atoms with Gasteiger partial charge in [-0.3, -0.25) is 4.79 Å². The quantitative estimate of drug-likeness (QED) is 0.385. The van der Waals surface area contributed by atoms with Crippen molar-refractivity contribution in [1.29, 1.82) is 0 Å². The van der Waals surface area contributed by atoms with Gasteiger partial charge in [-0.1, -0.05) is 11.6 Å². The third-order valence-electron chi connectivity index (χ3n) is 4.02. The Bertz CT molecular complexity index is 1130. The fourth-order valence-corrected chi connectivity index (χ4v) is 4.96. The van der Waals surface area contributed by atoms with Crippen LogP contribution in [0.4, 0.5) is 0 Å². The van der Waals surface area contributed by atoms with Gasteiger partial charge in [0.25, 0.3) is 0 Å². The van der Waals surface area contributed by atoms with Crippen LogP contribution in [0.2, 0.25) is 5.02 Å². The molecular formula is C21H17ClO4S2.